The number of sulfonamides is 1. The Balaban J connectivity index is 2.15. The number of aliphatic hydroxyl groups excluding tert-OH is 1. The van der Waals surface area contributed by atoms with Crippen LogP contribution in [0.5, 0.6) is 0 Å². The fraction of sp³-hybridized carbons (Fsp3) is 0.500. The molecule has 1 aromatic carbocycles. The number of hydrogen-bond donors (Lipinski definition) is 2. The van der Waals surface area contributed by atoms with Gasteiger partial charge in [0.1, 0.15) is 5.82 Å². The lowest BCUT2D eigenvalue weighted by Gasteiger charge is -2.26. The largest absolute Gasteiger partial charge is 0.393 e. The first-order chi connectivity index (χ1) is 8.88. The predicted octanol–water partition coefficient (Wildman–Crippen LogP) is 2.06. The molecule has 0 saturated heterocycles. The normalized spacial score (nSPS) is 24.4. The number of rotatable bonds is 3. The Morgan fingerprint density at radius 1 is 1.37 bits per heavy atom. The van der Waals surface area contributed by atoms with E-state index in [1.54, 1.807) is 0 Å². The van der Waals surface area contributed by atoms with Crippen LogP contribution in [0.3, 0.4) is 0 Å². The van der Waals surface area contributed by atoms with Crippen LogP contribution in [0.15, 0.2) is 23.1 Å². The van der Waals surface area contributed by atoms with Crippen LogP contribution in [0.2, 0.25) is 5.02 Å². The molecule has 0 spiro atoms. The molecule has 0 aromatic heterocycles. The fourth-order valence-electron chi connectivity index (χ4n) is 2.20. The molecule has 0 radical (unpaired) electrons. The van der Waals surface area contributed by atoms with Crippen molar-refractivity contribution in [3.63, 3.8) is 0 Å². The average Bonchev–Trinajstić information content (AvgIpc) is 2.32. The van der Waals surface area contributed by atoms with E-state index in [1.165, 1.54) is 6.07 Å². The molecule has 1 fully saturated rings. The van der Waals surface area contributed by atoms with Gasteiger partial charge in [0.05, 0.1) is 16.0 Å². The van der Waals surface area contributed by atoms with Gasteiger partial charge in [-0.05, 0) is 43.9 Å². The third-order valence-corrected chi connectivity index (χ3v) is 4.98. The zero-order valence-electron chi connectivity index (χ0n) is 10.1. The van der Waals surface area contributed by atoms with E-state index < -0.39 is 21.9 Å². The smallest absolute Gasteiger partial charge is 0.240 e. The van der Waals surface area contributed by atoms with E-state index in [-0.39, 0.29) is 16.0 Å². The van der Waals surface area contributed by atoms with E-state index in [1.807, 2.05) is 0 Å². The molecule has 4 nitrogen and oxygen atoms in total. The minimum absolute atomic E-state index is 0.0704. The number of halogens is 2. The van der Waals surface area contributed by atoms with Crippen molar-refractivity contribution in [2.75, 3.05) is 0 Å². The van der Waals surface area contributed by atoms with Crippen molar-refractivity contribution in [1.29, 1.82) is 0 Å². The van der Waals surface area contributed by atoms with Crippen LogP contribution < -0.4 is 4.72 Å². The van der Waals surface area contributed by atoms with Crippen molar-refractivity contribution in [2.24, 2.45) is 0 Å². The van der Waals surface area contributed by atoms with E-state index in [9.17, 15) is 17.9 Å². The van der Waals surface area contributed by atoms with Gasteiger partial charge >= 0.3 is 0 Å². The van der Waals surface area contributed by atoms with Crippen molar-refractivity contribution in [1.82, 2.24) is 4.72 Å². The highest BCUT2D eigenvalue weighted by Crippen LogP contribution is 2.23. The Bertz CT molecular complexity index is 564. The van der Waals surface area contributed by atoms with Gasteiger partial charge in [0, 0.05) is 6.04 Å². The molecule has 2 atom stereocenters. The van der Waals surface area contributed by atoms with Gasteiger partial charge in [-0.25, -0.2) is 17.5 Å². The maximum Gasteiger partial charge on any atom is 0.240 e. The molecule has 19 heavy (non-hydrogen) atoms. The summed E-state index contributed by atoms with van der Waals surface area (Å²) >= 11 is 5.58. The molecule has 2 rings (SSSR count). The lowest BCUT2D eigenvalue weighted by atomic mass is 9.94. The van der Waals surface area contributed by atoms with Crippen molar-refractivity contribution < 1.29 is 17.9 Å². The molecule has 0 amide bonds. The van der Waals surface area contributed by atoms with Gasteiger partial charge in [0.25, 0.3) is 0 Å². The SMILES string of the molecule is O=S(=O)(NC1CCCC(O)C1)c1ccc(F)c(Cl)c1. The highest BCUT2D eigenvalue weighted by Gasteiger charge is 2.25. The zero-order valence-corrected chi connectivity index (χ0v) is 11.7. The van der Waals surface area contributed by atoms with Crippen LogP contribution in [-0.2, 0) is 10.0 Å². The molecule has 0 aliphatic heterocycles. The van der Waals surface area contributed by atoms with Crippen LogP contribution in [-0.4, -0.2) is 25.7 Å². The van der Waals surface area contributed by atoms with Crippen LogP contribution in [0, 0.1) is 5.82 Å². The maximum absolute atomic E-state index is 13.0. The first-order valence-corrected chi connectivity index (χ1v) is 7.90. The summed E-state index contributed by atoms with van der Waals surface area (Å²) in [4.78, 5) is -0.0704. The molecular formula is C12H15ClFNO3S. The van der Waals surface area contributed by atoms with Crippen LogP contribution in [0.4, 0.5) is 4.39 Å². The van der Waals surface area contributed by atoms with E-state index >= 15 is 0 Å². The molecule has 2 N–H and O–H groups in total. The number of benzene rings is 1. The van der Waals surface area contributed by atoms with Crippen molar-refractivity contribution in [3.05, 3.63) is 29.0 Å². The molecule has 1 aliphatic rings. The van der Waals surface area contributed by atoms with Crippen LogP contribution in [0.1, 0.15) is 25.7 Å². The lowest BCUT2D eigenvalue weighted by molar-refractivity contribution is 0.117. The van der Waals surface area contributed by atoms with Gasteiger partial charge < -0.3 is 5.11 Å². The van der Waals surface area contributed by atoms with Gasteiger partial charge in [0.15, 0.2) is 0 Å². The Morgan fingerprint density at radius 2 is 2.11 bits per heavy atom. The van der Waals surface area contributed by atoms with Gasteiger partial charge in [-0.3, -0.25) is 0 Å². The van der Waals surface area contributed by atoms with Crippen LogP contribution in [0.25, 0.3) is 0 Å². The first kappa shape index (κ1) is 14.7. The van der Waals surface area contributed by atoms with Gasteiger partial charge in [-0.2, -0.15) is 0 Å². The quantitative estimate of drug-likeness (QED) is 0.898. The molecule has 0 heterocycles. The second-order valence-electron chi connectivity index (χ2n) is 4.71. The summed E-state index contributed by atoms with van der Waals surface area (Å²) in [6.45, 7) is 0. The summed E-state index contributed by atoms with van der Waals surface area (Å²) in [5, 5.41) is 9.29. The summed E-state index contributed by atoms with van der Waals surface area (Å²) in [7, 11) is -3.73. The topological polar surface area (TPSA) is 66.4 Å². The van der Waals surface area contributed by atoms with Crippen molar-refractivity contribution >= 4 is 21.6 Å². The summed E-state index contributed by atoms with van der Waals surface area (Å²) in [5.74, 6) is -0.659. The number of aliphatic hydroxyl groups is 1. The molecule has 0 bridgehead atoms. The summed E-state index contributed by atoms with van der Waals surface area (Å²) < 4.78 is 39.7. The highest BCUT2D eigenvalue weighted by molar-refractivity contribution is 7.89. The molecule has 106 valence electrons. The summed E-state index contributed by atoms with van der Waals surface area (Å²) in [6.07, 6.45) is 2.08. The minimum Gasteiger partial charge on any atom is -0.393 e. The molecule has 2 unspecified atom stereocenters. The lowest BCUT2D eigenvalue weighted by Crippen LogP contribution is -2.39. The third-order valence-electron chi connectivity index (χ3n) is 3.17. The van der Waals surface area contributed by atoms with Gasteiger partial charge in [-0.1, -0.05) is 11.6 Å². The predicted molar refractivity (Wildman–Crippen MR) is 70.0 cm³/mol. The Labute approximate surface area is 116 Å². The zero-order chi connectivity index (χ0) is 14.0. The van der Waals surface area contributed by atoms with E-state index in [2.05, 4.69) is 4.72 Å². The van der Waals surface area contributed by atoms with E-state index in [0.717, 1.165) is 18.6 Å². The van der Waals surface area contributed by atoms with Crippen molar-refractivity contribution in [3.8, 4) is 0 Å². The standard InChI is InChI=1S/C12H15ClFNO3S/c13-11-7-10(4-5-12(11)14)19(17,18)15-8-2-1-3-9(16)6-8/h4-5,7-9,15-16H,1-3,6H2. The molecular weight excluding hydrogens is 293 g/mol. The fourth-order valence-corrected chi connectivity index (χ4v) is 3.76. The monoisotopic (exact) mass is 307 g/mol. The Kier molecular flexibility index (Phi) is 4.45. The number of nitrogens with one attached hydrogen (secondary N) is 1. The molecule has 1 aliphatic carbocycles. The molecule has 1 aromatic rings. The van der Waals surface area contributed by atoms with Crippen molar-refractivity contribution in [2.45, 2.75) is 42.7 Å². The molecule has 1 saturated carbocycles. The van der Waals surface area contributed by atoms with E-state index in [0.29, 0.717) is 19.3 Å². The second-order valence-corrected chi connectivity index (χ2v) is 6.84. The van der Waals surface area contributed by atoms with E-state index in [4.69, 9.17) is 11.6 Å². The summed E-state index contributed by atoms with van der Waals surface area (Å²) in [5.41, 5.74) is 0. The van der Waals surface area contributed by atoms with Gasteiger partial charge in [0.2, 0.25) is 10.0 Å². The second kappa shape index (κ2) is 5.75. The first-order valence-electron chi connectivity index (χ1n) is 6.04. The third kappa shape index (κ3) is 3.66. The Hall–Kier alpha value is -0.690. The van der Waals surface area contributed by atoms with Crippen LogP contribution >= 0.6 is 11.6 Å². The highest BCUT2D eigenvalue weighted by atomic mass is 35.5. The maximum atomic E-state index is 13.0. The number of hydrogen-bond acceptors (Lipinski definition) is 3. The van der Waals surface area contributed by atoms with Gasteiger partial charge in [-0.15, -0.1) is 0 Å². The Morgan fingerprint density at radius 3 is 2.74 bits per heavy atom. The average molecular weight is 308 g/mol. The minimum atomic E-state index is -3.73. The summed E-state index contributed by atoms with van der Waals surface area (Å²) in [6, 6.07) is 2.98. The molecule has 7 heteroatoms.